The summed E-state index contributed by atoms with van der Waals surface area (Å²) in [5, 5.41) is 9.88. The molecular formula is C25H24O4. The third-order valence-corrected chi connectivity index (χ3v) is 5.63. The Morgan fingerprint density at radius 1 is 0.897 bits per heavy atom. The van der Waals surface area contributed by atoms with Gasteiger partial charge in [-0.3, -0.25) is 4.79 Å². The van der Waals surface area contributed by atoms with Crippen LogP contribution in [0.3, 0.4) is 0 Å². The van der Waals surface area contributed by atoms with Crippen LogP contribution in [0.15, 0.2) is 78.9 Å². The minimum Gasteiger partial charge on any atom is -0.488 e. The van der Waals surface area contributed by atoms with Crippen LogP contribution in [0.4, 0.5) is 0 Å². The lowest BCUT2D eigenvalue weighted by molar-refractivity contribution is -0.147. The predicted molar refractivity (Wildman–Crippen MR) is 112 cm³/mol. The fraction of sp³-hybridized carbons (Fsp3) is 0.240. The van der Waals surface area contributed by atoms with Gasteiger partial charge < -0.3 is 14.6 Å². The second-order valence-electron chi connectivity index (χ2n) is 7.35. The molecule has 148 valence electrons. The molecule has 4 heteroatoms. The highest BCUT2D eigenvalue weighted by Crippen LogP contribution is 2.37. The van der Waals surface area contributed by atoms with Crippen molar-refractivity contribution < 1.29 is 19.4 Å². The topological polar surface area (TPSA) is 55.8 Å². The average molecular weight is 388 g/mol. The van der Waals surface area contributed by atoms with Crippen molar-refractivity contribution in [2.45, 2.75) is 24.9 Å². The van der Waals surface area contributed by atoms with Gasteiger partial charge in [0.05, 0.1) is 5.41 Å². The van der Waals surface area contributed by atoms with Gasteiger partial charge in [0.1, 0.15) is 12.4 Å². The second-order valence-corrected chi connectivity index (χ2v) is 7.35. The van der Waals surface area contributed by atoms with Crippen molar-refractivity contribution in [3.63, 3.8) is 0 Å². The third kappa shape index (κ3) is 4.03. The Bertz CT molecular complexity index is 958. The van der Waals surface area contributed by atoms with Gasteiger partial charge in [-0.15, -0.1) is 0 Å². The van der Waals surface area contributed by atoms with E-state index in [0.29, 0.717) is 32.7 Å². The molecule has 29 heavy (non-hydrogen) atoms. The molecule has 0 aromatic heterocycles. The van der Waals surface area contributed by atoms with E-state index in [9.17, 15) is 9.90 Å². The van der Waals surface area contributed by atoms with Gasteiger partial charge >= 0.3 is 5.97 Å². The van der Waals surface area contributed by atoms with Crippen LogP contribution in [-0.2, 0) is 21.6 Å². The van der Waals surface area contributed by atoms with E-state index in [2.05, 4.69) is 0 Å². The van der Waals surface area contributed by atoms with Crippen LogP contribution in [0.25, 0.3) is 11.1 Å². The Kier molecular flexibility index (Phi) is 5.63. The van der Waals surface area contributed by atoms with E-state index in [4.69, 9.17) is 9.47 Å². The summed E-state index contributed by atoms with van der Waals surface area (Å²) in [4.78, 5) is 12.0. The first-order valence-corrected chi connectivity index (χ1v) is 9.87. The largest absolute Gasteiger partial charge is 0.488 e. The molecule has 0 bridgehead atoms. The van der Waals surface area contributed by atoms with Crippen LogP contribution in [0.2, 0.25) is 0 Å². The van der Waals surface area contributed by atoms with Crippen molar-refractivity contribution in [2.24, 2.45) is 0 Å². The molecule has 0 spiro atoms. The molecule has 0 saturated carbocycles. The molecule has 4 nitrogen and oxygen atoms in total. The van der Waals surface area contributed by atoms with Gasteiger partial charge in [0.15, 0.2) is 0 Å². The Morgan fingerprint density at radius 2 is 1.55 bits per heavy atom. The van der Waals surface area contributed by atoms with E-state index >= 15 is 0 Å². The molecule has 1 heterocycles. The molecule has 3 aromatic rings. The normalized spacial score (nSPS) is 15.6. The number of carboxylic acid groups (broad SMARTS) is 1. The van der Waals surface area contributed by atoms with Gasteiger partial charge in [-0.1, -0.05) is 72.8 Å². The minimum atomic E-state index is -0.861. The summed E-state index contributed by atoms with van der Waals surface area (Å²) in [6.07, 6.45) is 0.997. The maximum atomic E-state index is 12.0. The smallest absolute Gasteiger partial charge is 0.314 e. The van der Waals surface area contributed by atoms with Gasteiger partial charge in [0.25, 0.3) is 0 Å². The molecule has 1 N–H and O–H groups in total. The van der Waals surface area contributed by atoms with Crippen molar-refractivity contribution in [3.8, 4) is 16.9 Å². The molecular weight excluding hydrogens is 364 g/mol. The van der Waals surface area contributed by atoms with E-state index in [0.717, 1.165) is 28.0 Å². The molecule has 0 atom stereocenters. The number of aliphatic carboxylic acids is 1. The standard InChI is InChI=1S/C25H24O4/c26-24(27)25(14-16-28-17-15-25)21-12-10-20(11-13-21)22-8-4-5-9-23(22)29-18-19-6-2-1-3-7-19/h1-13H,14-18H2,(H,26,27). The monoisotopic (exact) mass is 388 g/mol. The number of carboxylic acids is 1. The fourth-order valence-electron chi connectivity index (χ4n) is 3.88. The third-order valence-electron chi connectivity index (χ3n) is 5.63. The summed E-state index contributed by atoms with van der Waals surface area (Å²) in [6, 6.07) is 25.8. The molecule has 1 fully saturated rings. The molecule has 1 saturated heterocycles. The molecule has 0 aliphatic carbocycles. The van der Waals surface area contributed by atoms with Crippen LogP contribution in [0.1, 0.15) is 24.0 Å². The van der Waals surface area contributed by atoms with E-state index in [1.165, 1.54) is 0 Å². The van der Waals surface area contributed by atoms with E-state index in [-0.39, 0.29) is 0 Å². The van der Waals surface area contributed by atoms with Crippen molar-refractivity contribution >= 4 is 5.97 Å². The average Bonchev–Trinajstić information content (AvgIpc) is 2.79. The zero-order valence-corrected chi connectivity index (χ0v) is 16.2. The Morgan fingerprint density at radius 3 is 2.24 bits per heavy atom. The Balaban J connectivity index is 1.59. The van der Waals surface area contributed by atoms with Crippen LogP contribution < -0.4 is 4.74 Å². The van der Waals surface area contributed by atoms with Crippen molar-refractivity contribution in [3.05, 3.63) is 90.0 Å². The minimum absolute atomic E-state index is 0.476. The van der Waals surface area contributed by atoms with E-state index in [1.54, 1.807) is 0 Å². The predicted octanol–water partition coefficient (Wildman–Crippen LogP) is 5.07. The van der Waals surface area contributed by atoms with Crippen molar-refractivity contribution in [2.75, 3.05) is 13.2 Å². The highest BCUT2D eigenvalue weighted by molar-refractivity contribution is 5.82. The maximum absolute atomic E-state index is 12.0. The zero-order chi connectivity index (χ0) is 20.1. The van der Waals surface area contributed by atoms with Crippen LogP contribution in [0.5, 0.6) is 5.75 Å². The Hall–Kier alpha value is -3.11. The molecule has 0 unspecified atom stereocenters. The highest BCUT2D eigenvalue weighted by atomic mass is 16.5. The number of carbonyl (C=O) groups is 1. The number of benzene rings is 3. The Labute approximate surface area is 170 Å². The van der Waals surface area contributed by atoms with Crippen LogP contribution in [-0.4, -0.2) is 24.3 Å². The van der Waals surface area contributed by atoms with Gasteiger partial charge in [-0.2, -0.15) is 0 Å². The van der Waals surface area contributed by atoms with Gasteiger partial charge in [0, 0.05) is 18.8 Å². The zero-order valence-electron chi connectivity index (χ0n) is 16.2. The highest BCUT2D eigenvalue weighted by Gasteiger charge is 2.41. The summed E-state index contributed by atoms with van der Waals surface area (Å²) >= 11 is 0. The first-order chi connectivity index (χ1) is 14.2. The number of ether oxygens (including phenoxy) is 2. The van der Waals surface area contributed by atoms with E-state index in [1.807, 2.05) is 78.9 Å². The van der Waals surface area contributed by atoms with Crippen molar-refractivity contribution in [1.82, 2.24) is 0 Å². The molecule has 1 aliphatic heterocycles. The van der Waals surface area contributed by atoms with Gasteiger partial charge in [-0.25, -0.2) is 0 Å². The van der Waals surface area contributed by atoms with Gasteiger partial charge in [0.2, 0.25) is 0 Å². The second kappa shape index (κ2) is 8.50. The summed E-state index contributed by atoms with van der Waals surface area (Å²) in [6.45, 7) is 1.45. The molecule has 1 aliphatic rings. The summed E-state index contributed by atoms with van der Waals surface area (Å²) in [5.41, 5.74) is 3.08. The SMILES string of the molecule is O=C(O)C1(c2ccc(-c3ccccc3OCc3ccccc3)cc2)CCOCC1. The molecule has 3 aromatic carbocycles. The lowest BCUT2D eigenvalue weighted by atomic mass is 9.74. The fourth-order valence-corrected chi connectivity index (χ4v) is 3.88. The summed E-state index contributed by atoms with van der Waals surface area (Å²) in [7, 11) is 0. The summed E-state index contributed by atoms with van der Waals surface area (Å²) in [5.74, 6) is 0.0308. The summed E-state index contributed by atoms with van der Waals surface area (Å²) < 4.78 is 11.5. The number of para-hydroxylation sites is 1. The maximum Gasteiger partial charge on any atom is 0.314 e. The quantitative estimate of drug-likeness (QED) is 0.641. The first-order valence-electron chi connectivity index (χ1n) is 9.87. The first kappa shape index (κ1) is 19.2. The van der Waals surface area contributed by atoms with Gasteiger partial charge in [-0.05, 0) is 35.6 Å². The van der Waals surface area contributed by atoms with Crippen LogP contribution >= 0.6 is 0 Å². The molecule has 4 rings (SSSR count). The molecule has 0 radical (unpaired) electrons. The number of hydrogen-bond acceptors (Lipinski definition) is 3. The van der Waals surface area contributed by atoms with E-state index < -0.39 is 11.4 Å². The lowest BCUT2D eigenvalue weighted by Gasteiger charge is -2.33. The van der Waals surface area contributed by atoms with Crippen molar-refractivity contribution in [1.29, 1.82) is 0 Å². The van der Waals surface area contributed by atoms with Crippen LogP contribution in [0, 0.1) is 0 Å². The molecule has 0 amide bonds. The lowest BCUT2D eigenvalue weighted by Crippen LogP contribution is -2.41. The number of rotatable bonds is 6. The number of hydrogen-bond donors (Lipinski definition) is 1.